The van der Waals surface area contributed by atoms with Crippen molar-refractivity contribution in [2.75, 3.05) is 6.54 Å². The molecule has 28 heavy (non-hydrogen) atoms. The zero-order chi connectivity index (χ0) is 20.7. The average molecular weight is 401 g/mol. The minimum Gasteiger partial charge on any atom is -0.355 e. The van der Waals surface area contributed by atoms with Gasteiger partial charge >= 0.3 is 0 Å². The van der Waals surface area contributed by atoms with E-state index in [1.165, 1.54) is 5.56 Å². The van der Waals surface area contributed by atoms with E-state index in [4.69, 9.17) is 11.6 Å². The molecule has 2 amide bonds. The van der Waals surface area contributed by atoms with Crippen LogP contribution >= 0.6 is 11.6 Å². The second-order valence-corrected chi connectivity index (χ2v) is 7.50. The highest BCUT2D eigenvalue weighted by Gasteiger charge is 2.28. The number of amides is 2. The van der Waals surface area contributed by atoms with Gasteiger partial charge in [0.25, 0.3) is 0 Å². The van der Waals surface area contributed by atoms with Crippen molar-refractivity contribution in [3.8, 4) is 0 Å². The van der Waals surface area contributed by atoms with Gasteiger partial charge < -0.3 is 10.2 Å². The first kappa shape index (κ1) is 22.0. The van der Waals surface area contributed by atoms with Crippen molar-refractivity contribution in [2.45, 2.75) is 53.1 Å². The van der Waals surface area contributed by atoms with Crippen LogP contribution in [0, 0.1) is 13.8 Å². The SMILES string of the molecule is CCNC(=O)C(CC)N(Cc1ccc(Cl)cc1)C(=O)Cc1ccc(C)c(C)c1. The van der Waals surface area contributed by atoms with Gasteiger partial charge in [-0.05, 0) is 61.6 Å². The molecule has 0 aliphatic heterocycles. The van der Waals surface area contributed by atoms with Gasteiger partial charge in [-0.2, -0.15) is 0 Å². The Kier molecular flexibility index (Phi) is 8.06. The van der Waals surface area contributed by atoms with Crippen molar-refractivity contribution in [1.29, 1.82) is 0 Å². The van der Waals surface area contributed by atoms with Gasteiger partial charge in [-0.25, -0.2) is 0 Å². The number of benzene rings is 2. The monoisotopic (exact) mass is 400 g/mol. The van der Waals surface area contributed by atoms with Crippen LogP contribution in [-0.2, 0) is 22.6 Å². The Balaban J connectivity index is 2.28. The zero-order valence-electron chi connectivity index (χ0n) is 17.1. The lowest BCUT2D eigenvalue weighted by Gasteiger charge is -2.30. The molecule has 0 aromatic heterocycles. The lowest BCUT2D eigenvalue weighted by Crippen LogP contribution is -2.49. The summed E-state index contributed by atoms with van der Waals surface area (Å²) >= 11 is 5.98. The topological polar surface area (TPSA) is 49.4 Å². The molecule has 150 valence electrons. The van der Waals surface area contributed by atoms with E-state index >= 15 is 0 Å². The number of rotatable bonds is 8. The van der Waals surface area contributed by atoms with Crippen LogP contribution in [-0.4, -0.2) is 29.3 Å². The molecule has 1 N–H and O–H groups in total. The van der Waals surface area contributed by atoms with Crippen LogP contribution in [0.4, 0.5) is 0 Å². The van der Waals surface area contributed by atoms with Gasteiger partial charge in [0.1, 0.15) is 6.04 Å². The van der Waals surface area contributed by atoms with Crippen LogP contribution in [0.2, 0.25) is 5.02 Å². The summed E-state index contributed by atoms with van der Waals surface area (Å²) in [6, 6.07) is 12.9. The van der Waals surface area contributed by atoms with Crippen LogP contribution in [0.25, 0.3) is 0 Å². The number of likely N-dealkylation sites (N-methyl/N-ethyl adjacent to an activating group) is 1. The zero-order valence-corrected chi connectivity index (χ0v) is 17.8. The fourth-order valence-corrected chi connectivity index (χ4v) is 3.31. The summed E-state index contributed by atoms with van der Waals surface area (Å²) in [6.07, 6.45) is 0.822. The Morgan fingerprint density at radius 1 is 1.00 bits per heavy atom. The number of carbonyl (C=O) groups is 2. The molecule has 0 saturated heterocycles. The lowest BCUT2D eigenvalue weighted by molar-refractivity contribution is -0.140. The lowest BCUT2D eigenvalue weighted by atomic mass is 10.0. The van der Waals surface area contributed by atoms with Crippen molar-refractivity contribution in [3.63, 3.8) is 0 Å². The number of hydrogen-bond donors (Lipinski definition) is 1. The normalized spacial score (nSPS) is 11.8. The van der Waals surface area contributed by atoms with E-state index in [0.29, 0.717) is 24.5 Å². The molecule has 0 bridgehead atoms. The van der Waals surface area contributed by atoms with E-state index in [2.05, 4.69) is 12.2 Å². The molecule has 0 spiro atoms. The van der Waals surface area contributed by atoms with Crippen molar-refractivity contribution in [3.05, 3.63) is 69.7 Å². The molecule has 2 aromatic carbocycles. The van der Waals surface area contributed by atoms with E-state index < -0.39 is 6.04 Å². The molecule has 1 unspecified atom stereocenters. The summed E-state index contributed by atoms with van der Waals surface area (Å²) in [5.74, 6) is -0.177. The molecule has 2 aromatic rings. The third kappa shape index (κ3) is 5.83. The molecule has 0 aliphatic carbocycles. The number of hydrogen-bond acceptors (Lipinski definition) is 2. The summed E-state index contributed by atoms with van der Waals surface area (Å²) < 4.78 is 0. The van der Waals surface area contributed by atoms with Gasteiger partial charge in [0.05, 0.1) is 6.42 Å². The van der Waals surface area contributed by atoms with Gasteiger partial charge in [0.2, 0.25) is 11.8 Å². The van der Waals surface area contributed by atoms with E-state index in [-0.39, 0.29) is 18.2 Å². The highest BCUT2D eigenvalue weighted by Crippen LogP contribution is 2.18. The highest BCUT2D eigenvalue weighted by molar-refractivity contribution is 6.30. The summed E-state index contributed by atoms with van der Waals surface area (Å²) in [7, 11) is 0. The number of halogens is 1. The maximum Gasteiger partial charge on any atom is 0.242 e. The van der Waals surface area contributed by atoms with Gasteiger partial charge in [-0.1, -0.05) is 48.9 Å². The maximum atomic E-state index is 13.2. The van der Waals surface area contributed by atoms with Crippen molar-refractivity contribution in [2.24, 2.45) is 0 Å². The fourth-order valence-electron chi connectivity index (χ4n) is 3.19. The first-order valence-corrected chi connectivity index (χ1v) is 10.1. The number of nitrogens with zero attached hydrogens (tertiary/aromatic N) is 1. The maximum absolute atomic E-state index is 13.2. The van der Waals surface area contributed by atoms with Crippen molar-refractivity contribution < 1.29 is 9.59 Å². The van der Waals surface area contributed by atoms with Crippen LogP contribution in [0.15, 0.2) is 42.5 Å². The molecule has 0 fully saturated rings. The molecule has 0 aliphatic rings. The minimum absolute atomic E-state index is 0.0590. The van der Waals surface area contributed by atoms with Gasteiger partial charge in [-0.15, -0.1) is 0 Å². The molecule has 0 radical (unpaired) electrons. The number of carbonyl (C=O) groups excluding carboxylic acids is 2. The van der Waals surface area contributed by atoms with E-state index in [0.717, 1.165) is 16.7 Å². The molecule has 4 nitrogen and oxygen atoms in total. The van der Waals surface area contributed by atoms with Crippen molar-refractivity contribution >= 4 is 23.4 Å². The predicted molar refractivity (Wildman–Crippen MR) is 114 cm³/mol. The summed E-state index contributed by atoms with van der Waals surface area (Å²) in [5.41, 5.74) is 4.26. The first-order chi connectivity index (χ1) is 13.3. The molecular weight excluding hydrogens is 372 g/mol. The molecular formula is C23H29ClN2O2. The average Bonchev–Trinajstić information content (AvgIpc) is 2.66. The largest absolute Gasteiger partial charge is 0.355 e. The Morgan fingerprint density at radius 2 is 1.64 bits per heavy atom. The quantitative estimate of drug-likeness (QED) is 0.711. The second-order valence-electron chi connectivity index (χ2n) is 7.06. The third-order valence-corrected chi connectivity index (χ3v) is 5.18. The highest BCUT2D eigenvalue weighted by atomic mass is 35.5. The molecule has 2 rings (SSSR count). The molecule has 5 heteroatoms. The predicted octanol–water partition coefficient (Wildman–Crippen LogP) is 4.44. The number of aryl methyl sites for hydroxylation is 2. The fraction of sp³-hybridized carbons (Fsp3) is 0.391. The van der Waals surface area contributed by atoms with E-state index in [1.54, 1.807) is 17.0 Å². The standard InChI is InChI=1S/C23H29ClN2O2/c1-5-21(23(28)25-6-2)26(15-18-9-11-20(24)12-10-18)22(27)14-19-8-7-16(3)17(4)13-19/h7-13,21H,5-6,14-15H2,1-4H3,(H,25,28). The first-order valence-electron chi connectivity index (χ1n) is 9.73. The van der Waals surface area contributed by atoms with Crippen LogP contribution in [0.5, 0.6) is 0 Å². The van der Waals surface area contributed by atoms with Crippen LogP contribution in [0.1, 0.15) is 42.5 Å². The van der Waals surface area contributed by atoms with Crippen molar-refractivity contribution in [1.82, 2.24) is 10.2 Å². The van der Waals surface area contributed by atoms with E-state index in [1.807, 2.05) is 51.1 Å². The Hall–Kier alpha value is -2.33. The summed E-state index contributed by atoms with van der Waals surface area (Å²) in [4.78, 5) is 27.5. The van der Waals surface area contributed by atoms with Crippen LogP contribution < -0.4 is 5.32 Å². The minimum atomic E-state index is -0.505. The van der Waals surface area contributed by atoms with Gasteiger partial charge in [0, 0.05) is 18.1 Å². The van der Waals surface area contributed by atoms with Gasteiger partial charge in [0.15, 0.2) is 0 Å². The van der Waals surface area contributed by atoms with Gasteiger partial charge in [-0.3, -0.25) is 9.59 Å². The Labute approximate surface area is 172 Å². The Morgan fingerprint density at radius 3 is 2.21 bits per heavy atom. The third-order valence-electron chi connectivity index (χ3n) is 4.93. The second kappa shape index (κ2) is 10.3. The molecule has 0 heterocycles. The Bertz CT molecular complexity index is 818. The molecule has 1 atom stereocenters. The molecule has 0 saturated carbocycles. The summed E-state index contributed by atoms with van der Waals surface area (Å²) in [6.45, 7) is 8.81. The number of nitrogens with one attached hydrogen (secondary N) is 1. The van der Waals surface area contributed by atoms with E-state index in [9.17, 15) is 9.59 Å². The summed E-state index contributed by atoms with van der Waals surface area (Å²) in [5, 5.41) is 3.50. The smallest absolute Gasteiger partial charge is 0.242 e. The van der Waals surface area contributed by atoms with Crippen LogP contribution in [0.3, 0.4) is 0 Å².